The number of benzene rings is 2. The molecular weight excluding hydrogens is 295 g/mol. The first kappa shape index (κ1) is 14.8. The van der Waals surface area contributed by atoms with Crippen molar-refractivity contribution < 1.29 is 9.13 Å². The Kier molecular flexibility index (Phi) is 4.63. The van der Waals surface area contributed by atoms with Gasteiger partial charge < -0.3 is 4.74 Å². The maximum Gasteiger partial charge on any atom is 0.318 e. The zero-order chi connectivity index (χ0) is 15.9. The summed E-state index contributed by atoms with van der Waals surface area (Å²) in [5.74, 6) is -0.816. The van der Waals surface area contributed by atoms with E-state index in [0.29, 0.717) is 12.3 Å². The fourth-order valence-corrected chi connectivity index (χ4v) is 1.80. The van der Waals surface area contributed by atoms with Crippen LogP contribution >= 0.6 is 0 Å². The van der Waals surface area contributed by atoms with Crippen LogP contribution in [0.25, 0.3) is 0 Å². The van der Waals surface area contributed by atoms with Crippen LogP contribution in [0, 0.1) is 5.82 Å². The quantitative estimate of drug-likeness (QED) is 0.647. The molecule has 0 saturated carbocycles. The van der Waals surface area contributed by atoms with E-state index in [4.69, 9.17) is 4.74 Å². The summed E-state index contributed by atoms with van der Waals surface area (Å²) in [6.45, 7) is 0.293. The van der Waals surface area contributed by atoms with Gasteiger partial charge in [-0.25, -0.2) is 9.37 Å². The summed E-state index contributed by atoms with van der Waals surface area (Å²) in [6, 6.07) is 18.6. The lowest BCUT2D eigenvalue weighted by Gasteiger charge is -2.04. The first-order chi connectivity index (χ1) is 11.3. The fraction of sp³-hybridized carbons (Fsp3) is 0.0588. The van der Waals surface area contributed by atoms with E-state index in [1.807, 2.05) is 48.5 Å². The van der Waals surface area contributed by atoms with E-state index in [1.54, 1.807) is 12.1 Å². The highest BCUT2D eigenvalue weighted by Crippen LogP contribution is 2.20. The summed E-state index contributed by atoms with van der Waals surface area (Å²) in [6.07, 6.45) is 1.02. The molecule has 0 fully saturated rings. The van der Waals surface area contributed by atoms with Crippen molar-refractivity contribution in [1.82, 2.24) is 9.97 Å². The summed E-state index contributed by atoms with van der Waals surface area (Å²) in [4.78, 5) is 7.73. The summed E-state index contributed by atoms with van der Waals surface area (Å²) < 4.78 is 19.2. The Balaban J connectivity index is 1.73. The second kappa shape index (κ2) is 7.22. The average Bonchev–Trinajstić information content (AvgIpc) is 2.62. The molecule has 0 spiro atoms. The van der Waals surface area contributed by atoms with E-state index < -0.39 is 5.82 Å². The Morgan fingerprint density at radius 3 is 2.35 bits per heavy atom. The number of ether oxygens (including phenoxy) is 1. The van der Waals surface area contributed by atoms with Gasteiger partial charge in [0.25, 0.3) is 0 Å². The zero-order valence-corrected chi connectivity index (χ0v) is 12.1. The van der Waals surface area contributed by atoms with Crippen LogP contribution in [0.4, 0.5) is 15.9 Å². The standard InChI is InChI=1S/C17H13FN4O/c18-15-11-19-17(23-12-13-7-3-1-4-8-13)20-16(15)22-21-14-9-5-2-6-10-14/h1-11H,12H2. The molecule has 0 aliphatic heterocycles. The van der Waals surface area contributed by atoms with Gasteiger partial charge in [-0.1, -0.05) is 48.5 Å². The average molecular weight is 308 g/mol. The summed E-state index contributed by atoms with van der Waals surface area (Å²) >= 11 is 0. The number of nitrogens with zero attached hydrogens (tertiary/aromatic N) is 4. The summed E-state index contributed by atoms with van der Waals surface area (Å²) in [7, 11) is 0. The van der Waals surface area contributed by atoms with Gasteiger partial charge in [-0.3, -0.25) is 0 Å². The van der Waals surface area contributed by atoms with Crippen LogP contribution in [0.3, 0.4) is 0 Å². The van der Waals surface area contributed by atoms with E-state index in [9.17, 15) is 4.39 Å². The molecule has 3 rings (SSSR count). The number of hydrogen-bond donors (Lipinski definition) is 0. The van der Waals surface area contributed by atoms with E-state index in [-0.39, 0.29) is 11.8 Å². The fourth-order valence-electron chi connectivity index (χ4n) is 1.80. The molecule has 0 saturated heterocycles. The highest BCUT2D eigenvalue weighted by molar-refractivity contribution is 5.36. The van der Waals surface area contributed by atoms with E-state index in [2.05, 4.69) is 20.2 Å². The zero-order valence-electron chi connectivity index (χ0n) is 12.1. The van der Waals surface area contributed by atoms with Gasteiger partial charge in [0.1, 0.15) is 6.61 Å². The van der Waals surface area contributed by atoms with Crippen LogP contribution in [0.15, 0.2) is 77.1 Å². The van der Waals surface area contributed by atoms with Gasteiger partial charge in [0.05, 0.1) is 11.9 Å². The highest BCUT2D eigenvalue weighted by Gasteiger charge is 2.07. The molecule has 0 aliphatic rings. The van der Waals surface area contributed by atoms with Crippen LogP contribution in [-0.4, -0.2) is 9.97 Å². The minimum atomic E-state index is -0.656. The van der Waals surface area contributed by atoms with Crippen molar-refractivity contribution in [3.8, 4) is 6.01 Å². The Labute approximate surface area is 132 Å². The Hall–Kier alpha value is -3.15. The Morgan fingerprint density at radius 2 is 1.61 bits per heavy atom. The van der Waals surface area contributed by atoms with Crippen LogP contribution in [0.1, 0.15) is 5.56 Å². The van der Waals surface area contributed by atoms with Gasteiger partial charge in [-0.15, -0.1) is 10.2 Å². The number of aromatic nitrogens is 2. The van der Waals surface area contributed by atoms with Crippen LogP contribution in [0.5, 0.6) is 6.01 Å². The largest absolute Gasteiger partial charge is 0.459 e. The molecule has 1 heterocycles. The smallest absolute Gasteiger partial charge is 0.318 e. The minimum Gasteiger partial charge on any atom is -0.459 e. The molecule has 0 aliphatic carbocycles. The van der Waals surface area contributed by atoms with Crippen molar-refractivity contribution in [1.29, 1.82) is 0 Å². The van der Waals surface area contributed by atoms with Crippen molar-refractivity contribution in [2.45, 2.75) is 6.61 Å². The van der Waals surface area contributed by atoms with Crippen molar-refractivity contribution >= 4 is 11.5 Å². The van der Waals surface area contributed by atoms with Gasteiger partial charge in [0.15, 0.2) is 5.82 Å². The second-order valence-electron chi connectivity index (χ2n) is 4.63. The molecule has 1 aromatic heterocycles. The molecular formula is C17H13FN4O. The lowest BCUT2D eigenvalue weighted by molar-refractivity contribution is 0.279. The van der Waals surface area contributed by atoms with E-state index in [1.165, 1.54) is 0 Å². The molecule has 0 radical (unpaired) electrons. The molecule has 0 amide bonds. The third-order valence-electron chi connectivity index (χ3n) is 2.93. The van der Waals surface area contributed by atoms with Gasteiger partial charge in [-0.05, 0) is 17.7 Å². The second-order valence-corrected chi connectivity index (χ2v) is 4.63. The molecule has 23 heavy (non-hydrogen) atoms. The van der Waals surface area contributed by atoms with Crippen LogP contribution < -0.4 is 4.74 Å². The van der Waals surface area contributed by atoms with Gasteiger partial charge >= 0.3 is 6.01 Å². The van der Waals surface area contributed by atoms with E-state index in [0.717, 1.165) is 11.8 Å². The third-order valence-corrected chi connectivity index (χ3v) is 2.93. The van der Waals surface area contributed by atoms with Crippen molar-refractivity contribution in [2.24, 2.45) is 10.2 Å². The van der Waals surface area contributed by atoms with Gasteiger partial charge in [-0.2, -0.15) is 4.98 Å². The predicted molar refractivity (Wildman–Crippen MR) is 83.4 cm³/mol. The molecule has 5 nitrogen and oxygen atoms in total. The van der Waals surface area contributed by atoms with Crippen molar-refractivity contribution in [3.63, 3.8) is 0 Å². The highest BCUT2D eigenvalue weighted by atomic mass is 19.1. The molecule has 0 bridgehead atoms. The lowest BCUT2D eigenvalue weighted by Crippen LogP contribution is -1.99. The number of azo groups is 1. The normalized spacial score (nSPS) is 10.8. The number of rotatable bonds is 5. The number of hydrogen-bond acceptors (Lipinski definition) is 5. The van der Waals surface area contributed by atoms with E-state index >= 15 is 0 Å². The van der Waals surface area contributed by atoms with Crippen molar-refractivity contribution in [2.75, 3.05) is 0 Å². The van der Waals surface area contributed by atoms with Crippen LogP contribution in [0.2, 0.25) is 0 Å². The molecule has 2 aromatic carbocycles. The molecule has 0 N–H and O–H groups in total. The predicted octanol–water partition coefficient (Wildman–Crippen LogP) is 4.61. The Bertz CT molecular complexity index is 794. The Morgan fingerprint density at radius 1 is 0.913 bits per heavy atom. The first-order valence-electron chi connectivity index (χ1n) is 6.97. The molecule has 3 aromatic rings. The molecule has 114 valence electrons. The van der Waals surface area contributed by atoms with Crippen LogP contribution in [-0.2, 0) is 6.61 Å². The molecule has 0 unspecified atom stereocenters. The molecule has 0 atom stereocenters. The minimum absolute atomic E-state index is 0.0530. The molecule has 6 heteroatoms. The first-order valence-corrected chi connectivity index (χ1v) is 6.97. The summed E-state index contributed by atoms with van der Waals surface area (Å²) in [5.41, 5.74) is 1.57. The van der Waals surface area contributed by atoms with Gasteiger partial charge in [0, 0.05) is 0 Å². The number of halogens is 1. The van der Waals surface area contributed by atoms with Crippen molar-refractivity contribution in [3.05, 3.63) is 78.2 Å². The lowest BCUT2D eigenvalue weighted by atomic mass is 10.2. The third kappa shape index (κ3) is 4.16. The maximum absolute atomic E-state index is 13.7. The van der Waals surface area contributed by atoms with Gasteiger partial charge in [0.2, 0.25) is 5.82 Å². The maximum atomic E-state index is 13.7. The monoisotopic (exact) mass is 308 g/mol. The topological polar surface area (TPSA) is 59.7 Å². The summed E-state index contributed by atoms with van der Waals surface area (Å²) in [5, 5.41) is 7.75. The SMILES string of the molecule is Fc1cnc(OCc2ccccc2)nc1N=Nc1ccccc1.